The van der Waals surface area contributed by atoms with Gasteiger partial charge in [-0.3, -0.25) is 4.79 Å². The minimum absolute atomic E-state index is 0.0760. The number of likely N-dealkylation sites (tertiary alicyclic amines) is 1. The fourth-order valence-electron chi connectivity index (χ4n) is 6.00. The molecule has 0 bridgehead atoms. The Morgan fingerprint density at radius 2 is 1.93 bits per heavy atom. The molecule has 5 rings (SSSR count). The van der Waals surface area contributed by atoms with Crippen LogP contribution in [-0.4, -0.2) is 88.5 Å². The summed E-state index contributed by atoms with van der Waals surface area (Å²) in [6.07, 6.45) is -2.75. The zero-order valence-corrected chi connectivity index (χ0v) is 26.0. The van der Waals surface area contributed by atoms with Crippen molar-refractivity contribution in [3.8, 4) is 17.3 Å². The van der Waals surface area contributed by atoms with Gasteiger partial charge in [-0.05, 0) is 58.0 Å². The van der Waals surface area contributed by atoms with Gasteiger partial charge in [0.25, 0.3) is 0 Å². The summed E-state index contributed by atoms with van der Waals surface area (Å²) in [6.45, 7) is 5.35. The molecule has 2 fully saturated rings. The molecule has 0 unspecified atom stereocenters. The number of carbonyl (C=O) groups excluding carboxylic acids is 1. The van der Waals surface area contributed by atoms with Gasteiger partial charge in [-0.25, -0.2) is 9.37 Å². The van der Waals surface area contributed by atoms with Crippen molar-refractivity contribution in [2.45, 2.75) is 51.4 Å². The molecule has 1 aromatic carbocycles. The van der Waals surface area contributed by atoms with E-state index in [1.54, 1.807) is 4.90 Å². The number of nitrogen functional groups attached to an aromatic ring is 1. The molecule has 1 amide bonds. The third-order valence-corrected chi connectivity index (χ3v) is 8.72. The van der Waals surface area contributed by atoms with Crippen molar-refractivity contribution in [1.82, 2.24) is 24.8 Å². The number of nitrogens with zero attached hydrogens (tertiary/aromatic N) is 6. The van der Waals surface area contributed by atoms with Crippen LogP contribution in [0.5, 0.6) is 6.01 Å². The fraction of sp³-hybridized carbons (Fsp3) is 0.517. The molecule has 0 spiro atoms. The average molecular weight is 659 g/mol. The third-order valence-electron chi connectivity index (χ3n) is 8.24. The molecule has 44 heavy (non-hydrogen) atoms. The minimum Gasteiger partial charge on any atom is -0.462 e. The van der Waals surface area contributed by atoms with Crippen molar-refractivity contribution in [1.29, 1.82) is 0 Å². The number of alkyl halides is 4. The number of amides is 1. The molecule has 0 saturated carbocycles. The average Bonchev–Trinajstić information content (AvgIpc) is 3.35. The van der Waals surface area contributed by atoms with E-state index in [0.717, 1.165) is 25.5 Å². The first-order valence-electron chi connectivity index (χ1n) is 14.3. The number of ether oxygens (including phenoxy) is 1. The molecule has 3 aromatic rings. The molecule has 2 atom stereocenters. The number of pyridine rings is 1. The number of halogens is 6. The molecule has 0 radical (unpaired) electrons. The topological polar surface area (TPSA) is 101 Å². The van der Waals surface area contributed by atoms with Crippen molar-refractivity contribution in [2.75, 3.05) is 56.3 Å². The SMILES string of the molecule is Cc1cc(N)nc(-c2c(Cl)cc3c(N4CCN(C(=O)CCCl)C[C@@H]4C)nc(OC[C@@H]4CCCN4C)nc3c2F)c1C(F)(F)F. The van der Waals surface area contributed by atoms with Crippen LogP contribution in [0.2, 0.25) is 5.02 Å². The largest absolute Gasteiger partial charge is 0.462 e. The van der Waals surface area contributed by atoms with E-state index < -0.39 is 28.8 Å². The highest BCUT2D eigenvalue weighted by Crippen LogP contribution is 2.44. The Morgan fingerprint density at radius 3 is 2.57 bits per heavy atom. The standard InChI is InChI=1S/C29H33Cl2F4N7O2/c1-15-11-20(36)37-26(23(15)29(33,34)35)22-19(31)12-18-25(24(22)32)38-28(44-14-17-5-4-8-40(17)3)39-27(18)42-10-9-41(13-16(42)2)21(43)6-7-30/h11-12,16-17H,4-10,13-14H2,1-3H3,(H2,36,37)/t16-,17-/m0/s1. The lowest BCUT2D eigenvalue weighted by Crippen LogP contribution is -2.54. The van der Waals surface area contributed by atoms with Gasteiger partial charge in [-0.2, -0.15) is 23.1 Å². The van der Waals surface area contributed by atoms with Gasteiger partial charge in [0.2, 0.25) is 5.91 Å². The summed E-state index contributed by atoms with van der Waals surface area (Å²) in [6, 6.07) is 2.14. The maximum Gasteiger partial charge on any atom is 0.418 e. The maximum absolute atomic E-state index is 16.6. The molecule has 0 aliphatic carbocycles. The van der Waals surface area contributed by atoms with Crippen LogP contribution in [0.25, 0.3) is 22.2 Å². The zero-order valence-electron chi connectivity index (χ0n) is 24.5. The zero-order chi connectivity index (χ0) is 31.9. The minimum atomic E-state index is -4.86. The number of hydrogen-bond acceptors (Lipinski definition) is 8. The van der Waals surface area contributed by atoms with Crippen LogP contribution in [0, 0.1) is 12.7 Å². The predicted molar refractivity (Wildman–Crippen MR) is 162 cm³/mol. The molecule has 2 aliphatic heterocycles. The second-order valence-electron chi connectivity index (χ2n) is 11.3. The lowest BCUT2D eigenvalue weighted by Gasteiger charge is -2.41. The highest BCUT2D eigenvalue weighted by atomic mass is 35.5. The van der Waals surface area contributed by atoms with Crippen molar-refractivity contribution in [2.24, 2.45) is 0 Å². The Kier molecular flexibility index (Phi) is 9.29. The van der Waals surface area contributed by atoms with Gasteiger partial charge in [0.15, 0.2) is 5.82 Å². The van der Waals surface area contributed by atoms with Crippen molar-refractivity contribution >= 4 is 51.6 Å². The van der Waals surface area contributed by atoms with Gasteiger partial charge in [-0.15, -0.1) is 11.6 Å². The summed E-state index contributed by atoms with van der Waals surface area (Å²) in [5, 5.41) is -0.129. The number of aromatic nitrogens is 3. The highest BCUT2D eigenvalue weighted by Gasteiger charge is 2.39. The van der Waals surface area contributed by atoms with Crippen LogP contribution in [0.3, 0.4) is 0 Å². The van der Waals surface area contributed by atoms with Crippen LogP contribution in [0.15, 0.2) is 12.1 Å². The Morgan fingerprint density at radius 1 is 1.18 bits per heavy atom. The first-order valence-corrected chi connectivity index (χ1v) is 15.2. The van der Waals surface area contributed by atoms with E-state index in [2.05, 4.69) is 19.9 Å². The number of benzene rings is 1. The van der Waals surface area contributed by atoms with Gasteiger partial charge in [0, 0.05) is 49.4 Å². The molecule has 15 heteroatoms. The predicted octanol–water partition coefficient (Wildman–Crippen LogP) is 5.53. The van der Waals surface area contributed by atoms with Gasteiger partial charge in [0.05, 0.1) is 21.8 Å². The summed E-state index contributed by atoms with van der Waals surface area (Å²) in [5.74, 6) is -0.900. The molecule has 2 aliphatic rings. The molecular formula is C29H33Cl2F4N7O2. The summed E-state index contributed by atoms with van der Waals surface area (Å²) < 4.78 is 65.1. The molecule has 2 saturated heterocycles. The summed E-state index contributed by atoms with van der Waals surface area (Å²) in [7, 11) is 1.98. The number of fused-ring (bicyclic) bond motifs is 1. The summed E-state index contributed by atoms with van der Waals surface area (Å²) in [4.78, 5) is 31.1. The van der Waals surface area contributed by atoms with E-state index in [-0.39, 0.29) is 70.2 Å². The quantitative estimate of drug-likeness (QED) is 0.261. The number of likely N-dealkylation sites (N-methyl/N-ethyl adjacent to an activating group) is 1. The number of piperazine rings is 1. The highest BCUT2D eigenvalue weighted by molar-refractivity contribution is 6.34. The smallest absolute Gasteiger partial charge is 0.418 e. The van der Waals surface area contributed by atoms with E-state index in [4.69, 9.17) is 33.7 Å². The monoisotopic (exact) mass is 657 g/mol. The molecular weight excluding hydrogens is 625 g/mol. The van der Waals surface area contributed by atoms with Gasteiger partial charge >= 0.3 is 12.2 Å². The van der Waals surface area contributed by atoms with Crippen LogP contribution >= 0.6 is 23.2 Å². The first-order chi connectivity index (χ1) is 20.8. The van der Waals surface area contributed by atoms with Crippen LogP contribution < -0.4 is 15.4 Å². The van der Waals surface area contributed by atoms with E-state index in [9.17, 15) is 18.0 Å². The second kappa shape index (κ2) is 12.7. The lowest BCUT2D eigenvalue weighted by atomic mass is 9.99. The van der Waals surface area contributed by atoms with Crippen molar-refractivity contribution < 1.29 is 27.1 Å². The maximum atomic E-state index is 16.6. The number of rotatable bonds is 7. The number of hydrogen-bond donors (Lipinski definition) is 1. The number of anilines is 2. The summed E-state index contributed by atoms with van der Waals surface area (Å²) >= 11 is 12.3. The normalized spacial score (nSPS) is 19.7. The van der Waals surface area contributed by atoms with E-state index >= 15 is 4.39 Å². The van der Waals surface area contributed by atoms with Crippen LogP contribution in [-0.2, 0) is 11.0 Å². The number of aryl methyl sites for hydroxylation is 1. The number of nitrogens with two attached hydrogens (primary N) is 1. The van der Waals surface area contributed by atoms with Crippen molar-refractivity contribution in [3.63, 3.8) is 0 Å². The first kappa shape index (κ1) is 32.2. The Hall–Kier alpha value is -3.16. The van der Waals surface area contributed by atoms with E-state index in [1.165, 1.54) is 13.0 Å². The molecule has 2 N–H and O–H groups in total. The van der Waals surface area contributed by atoms with E-state index in [1.807, 2.05) is 18.9 Å². The Bertz CT molecular complexity index is 1580. The Balaban J connectivity index is 1.65. The molecule has 9 nitrogen and oxygen atoms in total. The molecule has 4 heterocycles. The second-order valence-corrected chi connectivity index (χ2v) is 12.1. The summed E-state index contributed by atoms with van der Waals surface area (Å²) in [5.41, 5.74) is 2.87. The lowest BCUT2D eigenvalue weighted by molar-refractivity contribution is -0.137. The van der Waals surface area contributed by atoms with E-state index in [0.29, 0.717) is 25.5 Å². The van der Waals surface area contributed by atoms with Crippen LogP contribution in [0.4, 0.5) is 29.2 Å². The fourth-order valence-corrected chi connectivity index (χ4v) is 6.44. The molecule has 2 aromatic heterocycles. The molecule has 238 valence electrons. The van der Waals surface area contributed by atoms with Crippen molar-refractivity contribution in [3.05, 3.63) is 34.1 Å². The Labute approximate surface area is 262 Å². The van der Waals surface area contributed by atoms with Gasteiger partial charge in [0.1, 0.15) is 23.8 Å². The number of carbonyl (C=O) groups is 1. The third kappa shape index (κ3) is 6.32. The van der Waals surface area contributed by atoms with Gasteiger partial charge < -0.3 is 25.2 Å². The van der Waals surface area contributed by atoms with Crippen LogP contribution in [0.1, 0.15) is 37.3 Å². The van der Waals surface area contributed by atoms with Gasteiger partial charge in [-0.1, -0.05) is 11.6 Å².